The van der Waals surface area contributed by atoms with Gasteiger partial charge in [-0.3, -0.25) is 4.79 Å². The van der Waals surface area contributed by atoms with Crippen LogP contribution in [0.4, 0.5) is 5.69 Å². The van der Waals surface area contributed by atoms with Crippen molar-refractivity contribution < 1.29 is 17.9 Å². The third kappa shape index (κ3) is 3.99. The number of para-hydroxylation sites is 1. The molecule has 6 nitrogen and oxygen atoms in total. The fourth-order valence-corrected chi connectivity index (χ4v) is 4.72. The summed E-state index contributed by atoms with van der Waals surface area (Å²) in [4.78, 5) is 13.8. The lowest BCUT2D eigenvalue weighted by Crippen LogP contribution is -2.33. The number of likely N-dealkylation sites (N-methyl/N-ethyl adjacent to an activating group) is 1. The number of ether oxygens (including phenoxy) is 1. The molecule has 7 heteroatoms. The fourth-order valence-electron chi connectivity index (χ4n) is 3.07. The molecular formula is C20H24N2O4S. The number of hydrogen-bond donors (Lipinski definition) is 0. The number of fused-ring (bicyclic) bond motifs is 1. The number of rotatable bonds is 4. The van der Waals surface area contributed by atoms with Crippen LogP contribution in [0.15, 0.2) is 47.4 Å². The number of carbonyl (C=O) groups excluding carboxylic acids is 1. The summed E-state index contributed by atoms with van der Waals surface area (Å²) in [5, 5.41) is 0. The SMILES string of the molecule is CCC(=O)Oc1ccc(C)c(CN2CCN(C)c3ccccc3S2(=O)=O)c1. The van der Waals surface area contributed by atoms with Gasteiger partial charge in [-0.2, -0.15) is 4.31 Å². The molecule has 0 atom stereocenters. The van der Waals surface area contributed by atoms with Gasteiger partial charge in [-0.1, -0.05) is 25.1 Å². The molecule has 0 aliphatic carbocycles. The van der Waals surface area contributed by atoms with E-state index in [4.69, 9.17) is 4.74 Å². The van der Waals surface area contributed by atoms with Gasteiger partial charge < -0.3 is 9.64 Å². The van der Waals surface area contributed by atoms with E-state index in [1.54, 1.807) is 31.2 Å². The number of esters is 1. The van der Waals surface area contributed by atoms with E-state index in [-0.39, 0.29) is 18.9 Å². The van der Waals surface area contributed by atoms with Crippen molar-refractivity contribution in [3.8, 4) is 5.75 Å². The van der Waals surface area contributed by atoms with Crippen molar-refractivity contribution >= 4 is 21.7 Å². The van der Waals surface area contributed by atoms with E-state index in [1.807, 2.05) is 37.1 Å². The van der Waals surface area contributed by atoms with E-state index >= 15 is 0 Å². The van der Waals surface area contributed by atoms with Crippen LogP contribution in [0.5, 0.6) is 5.75 Å². The van der Waals surface area contributed by atoms with Gasteiger partial charge >= 0.3 is 5.97 Å². The Balaban J connectivity index is 1.94. The molecule has 0 amide bonds. The quantitative estimate of drug-likeness (QED) is 0.595. The summed E-state index contributed by atoms with van der Waals surface area (Å²) < 4.78 is 33.2. The Morgan fingerprint density at radius 2 is 1.89 bits per heavy atom. The number of anilines is 1. The van der Waals surface area contributed by atoms with E-state index in [9.17, 15) is 13.2 Å². The maximum absolute atomic E-state index is 13.2. The Labute approximate surface area is 160 Å². The van der Waals surface area contributed by atoms with Crippen LogP contribution < -0.4 is 9.64 Å². The van der Waals surface area contributed by atoms with Gasteiger partial charge in [0.2, 0.25) is 10.0 Å². The van der Waals surface area contributed by atoms with Crippen molar-refractivity contribution in [1.29, 1.82) is 0 Å². The molecule has 0 spiro atoms. The third-order valence-corrected chi connectivity index (χ3v) is 6.66. The molecule has 27 heavy (non-hydrogen) atoms. The van der Waals surface area contributed by atoms with E-state index in [1.165, 1.54) is 4.31 Å². The smallest absolute Gasteiger partial charge is 0.310 e. The van der Waals surface area contributed by atoms with Crippen LogP contribution in [0.3, 0.4) is 0 Å². The van der Waals surface area contributed by atoms with Crippen LogP contribution in [0.25, 0.3) is 0 Å². The lowest BCUT2D eigenvalue weighted by Gasteiger charge is -2.21. The van der Waals surface area contributed by atoms with Crippen LogP contribution in [0.2, 0.25) is 0 Å². The zero-order valence-electron chi connectivity index (χ0n) is 15.8. The molecule has 2 aromatic rings. The van der Waals surface area contributed by atoms with E-state index < -0.39 is 10.0 Å². The lowest BCUT2D eigenvalue weighted by molar-refractivity contribution is -0.134. The first-order chi connectivity index (χ1) is 12.8. The Morgan fingerprint density at radius 1 is 1.15 bits per heavy atom. The maximum atomic E-state index is 13.2. The molecule has 1 heterocycles. The van der Waals surface area contributed by atoms with Crippen molar-refractivity contribution in [3.63, 3.8) is 0 Å². The minimum atomic E-state index is -3.62. The fraction of sp³-hybridized carbons (Fsp3) is 0.350. The van der Waals surface area contributed by atoms with E-state index in [2.05, 4.69) is 0 Å². The van der Waals surface area contributed by atoms with Gasteiger partial charge in [-0.05, 0) is 42.3 Å². The molecule has 144 valence electrons. The molecule has 0 saturated heterocycles. The zero-order chi connectivity index (χ0) is 19.6. The minimum absolute atomic E-state index is 0.230. The van der Waals surface area contributed by atoms with Crippen molar-refractivity contribution in [2.45, 2.75) is 31.7 Å². The van der Waals surface area contributed by atoms with Crippen LogP contribution in [-0.4, -0.2) is 38.8 Å². The second-order valence-electron chi connectivity index (χ2n) is 6.64. The van der Waals surface area contributed by atoms with Crippen molar-refractivity contribution in [2.24, 2.45) is 0 Å². The van der Waals surface area contributed by atoms with E-state index in [0.29, 0.717) is 29.4 Å². The van der Waals surface area contributed by atoms with Crippen molar-refractivity contribution in [1.82, 2.24) is 4.31 Å². The summed E-state index contributed by atoms with van der Waals surface area (Å²) in [6.45, 7) is 4.86. The number of hydrogen-bond acceptors (Lipinski definition) is 5. The van der Waals surface area contributed by atoms with Crippen LogP contribution in [0, 0.1) is 6.92 Å². The summed E-state index contributed by atoms with van der Waals surface area (Å²) in [5.74, 6) is 0.120. The Kier molecular flexibility index (Phi) is 5.53. The van der Waals surface area contributed by atoms with Crippen LogP contribution in [0.1, 0.15) is 24.5 Å². The van der Waals surface area contributed by atoms with Gasteiger partial charge in [-0.25, -0.2) is 8.42 Å². The van der Waals surface area contributed by atoms with Gasteiger partial charge in [0.15, 0.2) is 0 Å². The highest BCUT2D eigenvalue weighted by atomic mass is 32.2. The summed E-state index contributed by atoms with van der Waals surface area (Å²) in [7, 11) is -1.73. The standard InChI is InChI=1S/C20H24N2O4S/c1-4-20(23)26-17-10-9-15(2)16(13-17)14-22-12-11-21(3)18-7-5-6-8-19(18)27(22,24)25/h5-10,13H,4,11-12,14H2,1-3H3. The second kappa shape index (κ2) is 7.70. The zero-order valence-corrected chi connectivity index (χ0v) is 16.6. The average Bonchev–Trinajstić information content (AvgIpc) is 2.75. The molecule has 0 radical (unpaired) electrons. The molecule has 3 rings (SSSR count). The summed E-state index contributed by atoms with van der Waals surface area (Å²) in [5.41, 5.74) is 2.48. The Bertz CT molecular complexity index is 956. The molecule has 0 fully saturated rings. The largest absolute Gasteiger partial charge is 0.427 e. The van der Waals surface area contributed by atoms with Crippen LogP contribution in [-0.2, 0) is 21.4 Å². The molecule has 0 N–H and O–H groups in total. The topological polar surface area (TPSA) is 66.9 Å². The summed E-state index contributed by atoms with van der Waals surface area (Å²) in [6.07, 6.45) is 0.285. The number of carbonyl (C=O) groups is 1. The highest BCUT2D eigenvalue weighted by molar-refractivity contribution is 7.89. The highest BCUT2D eigenvalue weighted by Crippen LogP contribution is 2.31. The van der Waals surface area contributed by atoms with E-state index in [0.717, 1.165) is 11.1 Å². The summed E-state index contributed by atoms with van der Waals surface area (Å²) in [6, 6.07) is 12.4. The Hall–Kier alpha value is -2.38. The van der Waals surface area contributed by atoms with Gasteiger partial charge in [0.1, 0.15) is 10.6 Å². The molecule has 0 unspecified atom stereocenters. The molecule has 2 aromatic carbocycles. The average molecular weight is 388 g/mol. The van der Waals surface area contributed by atoms with Crippen molar-refractivity contribution in [2.75, 3.05) is 25.0 Å². The minimum Gasteiger partial charge on any atom is -0.427 e. The van der Waals surface area contributed by atoms with Gasteiger partial charge in [-0.15, -0.1) is 0 Å². The molecular weight excluding hydrogens is 364 g/mol. The normalized spacial score (nSPS) is 16.5. The first-order valence-electron chi connectivity index (χ1n) is 8.93. The van der Waals surface area contributed by atoms with Gasteiger partial charge in [0.05, 0.1) is 5.69 Å². The molecule has 0 bridgehead atoms. The van der Waals surface area contributed by atoms with Gasteiger partial charge in [0, 0.05) is 33.1 Å². The predicted molar refractivity (Wildman–Crippen MR) is 104 cm³/mol. The van der Waals surface area contributed by atoms with Crippen molar-refractivity contribution in [3.05, 3.63) is 53.6 Å². The summed E-state index contributed by atoms with van der Waals surface area (Å²) >= 11 is 0. The number of nitrogens with zero attached hydrogens (tertiary/aromatic N) is 2. The first kappa shape index (κ1) is 19.4. The second-order valence-corrected chi connectivity index (χ2v) is 8.55. The predicted octanol–water partition coefficient (Wildman–Crippen LogP) is 2.95. The first-order valence-corrected chi connectivity index (χ1v) is 10.4. The lowest BCUT2D eigenvalue weighted by atomic mass is 10.1. The maximum Gasteiger partial charge on any atom is 0.310 e. The molecule has 0 aromatic heterocycles. The Morgan fingerprint density at radius 3 is 2.63 bits per heavy atom. The van der Waals surface area contributed by atoms with Gasteiger partial charge in [0.25, 0.3) is 0 Å². The molecule has 1 aliphatic rings. The highest BCUT2D eigenvalue weighted by Gasteiger charge is 2.31. The van der Waals surface area contributed by atoms with Crippen LogP contribution >= 0.6 is 0 Å². The number of benzene rings is 2. The molecule has 1 aliphatic heterocycles. The monoisotopic (exact) mass is 388 g/mol. The molecule has 0 saturated carbocycles. The number of sulfonamides is 1. The third-order valence-electron chi connectivity index (χ3n) is 4.77. The number of aryl methyl sites for hydroxylation is 1.